The lowest BCUT2D eigenvalue weighted by Crippen LogP contribution is -2.42. The fraction of sp³-hybridized carbons (Fsp3) is 0.286. The molecule has 2 N–H and O–H groups in total. The Kier molecular flexibility index (Phi) is 4.29. The van der Waals surface area contributed by atoms with Crippen molar-refractivity contribution in [1.29, 1.82) is 0 Å². The number of amides is 2. The molecule has 1 unspecified atom stereocenters. The zero-order valence-electron chi connectivity index (χ0n) is 15.1. The van der Waals surface area contributed by atoms with Crippen molar-refractivity contribution < 1.29 is 9.53 Å². The average molecular weight is 349 g/mol. The number of aromatic nitrogens is 1. The second-order valence-electron chi connectivity index (χ2n) is 6.59. The fourth-order valence-corrected chi connectivity index (χ4v) is 3.88. The average Bonchev–Trinajstić information content (AvgIpc) is 3.06. The zero-order valence-corrected chi connectivity index (χ0v) is 15.1. The molecule has 2 amide bonds. The van der Waals surface area contributed by atoms with Crippen molar-refractivity contribution in [2.45, 2.75) is 25.8 Å². The van der Waals surface area contributed by atoms with Crippen LogP contribution in [0.25, 0.3) is 10.9 Å². The van der Waals surface area contributed by atoms with Gasteiger partial charge >= 0.3 is 6.03 Å². The topological polar surface area (TPSA) is 57.4 Å². The molecule has 0 spiro atoms. The van der Waals surface area contributed by atoms with Gasteiger partial charge < -0.3 is 19.9 Å². The maximum atomic E-state index is 12.9. The summed E-state index contributed by atoms with van der Waals surface area (Å²) in [6.45, 7) is 2.83. The molecule has 0 saturated heterocycles. The summed E-state index contributed by atoms with van der Waals surface area (Å²) in [6, 6.07) is 15.8. The van der Waals surface area contributed by atoms with Crippen molar-refractivity contribution in [3.63, 3.8) is 0 Å². The normalized spacial score (nSPS) is 16.4. The molecule has 2 aromatic carbocycles. The van der Waals surface area contributed by atoms with Crippen LogP contribution in [-0.4, -0.2) is 29.6 Å². The lowest BCUT2D eigenvalue weighted by molar-refractivity contribution is 0.179. The van der Waals surface area contributed by atoms with Crippen LogP contribution in [-0.2, 0) is 6.42 Å². The third-order valence-corrected chi connectivity index (χ3v) is 5.13. The Hall–Kier alpha value is -2.95. The molecule has 5 nitrogen and oxygen atoms in total. The predicted octanol–water partition coefficient (Wildman–Crippen LogP) is 4.72. The van der Waals surface area contributed by atoms with Crippen molar-refractivity contribution in [2.24, 2.45) is 0 Å². The summed E-state index contributed by atoms with van der Waals surface area (Å²) in [7, 11) is 1.62. The number of H-pyrrole nitrogens is 1. The largest absolute Gasteiger partial charge is 0.497 e. The van der Waals surface area contributed by atoms with Gasteiger partial charge in [0.1, 0.15) is 5.75 Å². The number of carbonyl (C=O) groups is 1. The second-order valence-corrected chi connectivity index (χ2v) is 6.59. The number of benzene rings is 2. The van der Waals surface area contributed by atoms with Gasteiger partial charge in [0, 0.05) is 34.9 Å². The first-order chi connectivity index (χ1) is 12.7. The standard InChI is InChI=1S/C21H23N3O2/c1-3-19-20-17(16-9-4-5-10-18(16)23-20)11-12-24(19)21(25)22-14-7-6-8-15(13-14)26-2/h4-10,13,19,23H,3,11-12H2,1-2H3,(H,22,25). The Morgan fingerprint density at radius 2 is 2.12 bits per heavy atom. The molecule has 1 aliphatic rings. The molecule has 0 radical (unpaired) electrons. The van der Waals surface area contributed by atoms with E-state index in [2.05, 4.69) is 35.4 Å². The van der Waals surface area contributed by atoms with Gasteiger partial charge in [-0.3, -0.25) is 0 Å². The summed E-state index contributed by atoms with van der Waals surface area (Å²) >= 11 is 0. The van der Waals surface area contributed by atoms with Crippen LogP contribution in [0.2, 0.25) is 0 Å². The molecule has 0 bridgehead atoms. The van der Waals surface area contributed by atoms with Crippen LogP contribution in [0.15, 0.2) is 48.5 Å². The number of para-hydroxylation sites is 1. The summed E-state index contributed by atoms with van der Waals surface area (Å²) in [4.78, 5) is 18.4. The number of fused-ring (bicyclic) bond motifs is 3. The van der Waals surface area contributed by atoms with E-state index in [1.165, 1.54) is 16.6 Å². The molecule has 1 atom stereocenters. The number of ether oxygens (including phenoxy) is 1. The van der Waals surface area contributed by atoms with E-state index in [9.17, 15) is 4.79 Å². The van der Waals surface area contributed by atoms with Gasteiger partial charge in [0.2, 0.25) is 0 Å². The monoisotopic (exact) mass is 349 g/mol. The second kappa shape index (κ2) is 6.75. The minimum atomic E-state index is -0.0746. The smallest absolute Gasteiger partial charge is 0.322 e. The Morgan fingerprint density at radius 3 is 2.92 bits per heavy atom. The Balaban J connectivity index is 1.61. The van der Waals surface area contributed by atoms with E-state index in [-0.39, 0.29) is 12.1 Å². The molecule has 0 aliphatic carbocycles. The number of nitrogens with zero attached hydrogens (tertiary/aromatic N) is 1. The molecule has 26 heavy (non-hydrogen) atoms. The molecule has 4 rings (SSSR count). The van der Waals surface area contributed by atoms with Crippen LogP contribution < -0.4 is 10.1 Å². The highest BCUT2D eigenvalue weighted by molar-refractivity contribution is 5.91. The van der Waals surface area contributed by atoms with Gasteiger partial charge in [-0.05, 0) is 36.6 Å². The van der Waals surface area contributed by atoms with E-state index in [1.54, 1.807) is 7.11 Å². The van der Waals surface area contributed by atoms with E-state index >= 15 is 0 Å². The molecular weight excluding hydrogens is 326 g/mol. The summed E-state index contributed by atoms with van der Waals surface area (Å²) in [6.07, 6.45) is 1.73. The maximum absolute atomic E-state index is 12.9. The first-order valence-corrected chi connectivity index (χ1v) is 9.02. The first kappa shape index (κ1) is 16.5. The first-order valence-electron chi connectivity index (χ1n) is 9.02. The molecule has 1 aliphatic heterocycles. The van der Waals surface area contributed by atoms with Gasteiger partial charge in [-0.15, -0.1) is 0 Å². The van der Waals surface area contributed by atoms with Crippen molar-refractivity contribution in [3.05, 3.63) is 59.8 Å². The van der Waals surface area contributed by atoms with E-state index in [0.717, 1.165) is 29.8 Å². The van der Waals surface area contributed by atoms with E-state index in [4.69, 9.17) is 4.74 Å². The summed E-state index contributed by atoms with van der Waals surface area (Å²) in [5.74, 6) is 0.728. The van der Waals surface area contributed by atoms with Gasteiger partial charge in [0.25, 0.3) is 0 Å². The zero-order chi connectivity index (χ0) is 18.1. The molecule has 0 saturated carbocycles. The fourth-order valence-electron chi connectivity index (χ4n) is 3.88. The van der Waals surface area contributed by atoms with Crippen LogP contribution in [0, 0.1) is 0 Å². The van der Waals surface area contributed by atoms with Crippen molar-refractivity contribution in [2.75, 3.05) is 19.0 Å². The van der Waals surface area contributed by atoms with Crippen molar-refractivity contribution in [3.8, 4) is 5.75 Å². The summed E-state index contributed by atoms with van der Waals surface area (Å²) in [5, 5.41) is 4.28. The lowest BCUT2D eigenvalue weighted by Gasteiger charge is -2.35. The lowest BCUT2D eigenvalue weighted by atomic mass is 9.96. The highest BCUT2D eigenvalue weighted by Gasteiger charge is 2.32. The summed E-state index contributed by atoms with van der Waals surface area (Å²) < 4.78 is 5.23. The van der Waals surface area contributed by atoms with Gasteiger partial charge in [0.15, 0.2) is 0 Å². The number of methoxy groups -OCH3 is 1. The number of carbonyl (C=O) groups excluding carboxylic acids is 1. The van der Waals surface area contributed by atoms with Gasteiger partial charge in [-0.2, -0.15) is 0 Å². The number of anilines is 1. The molecule has 1 aromatic heterocycles. The predicted molar refractivity (Wildman–Crippen MR) is 104 cm³/mol. The molecule has 0 fully saturated rings. The van der Waals surface area contributed by atoms with E-state index < -0.39 is 0 Å². The van der Waals surface area contributed by atoms with Crippen LogP contribution >= 0.6 is 0 Å². The third-order valence-electron chi connectivity index (χ3n) is 5.13. The molecule has 134 valence electrons. The number of urea groups is 1. The number of hydrogen-bond acceptors (Lipinski definition) is 2. The van der Waals surface area contributed by atoms with Gasteiger partial charge in [-0.25, -0.2) is 4.79 Å². The SMILES string of the molecule is CCC1c2[nH]c3ccccc3c2CCN1C(=O)Nc1cccc(OC)c1. The quantitative estimate of drug-likeness (QED) is 0.719. The summed E-state index contributed by atoms with van der Waals surface area (Å²) in [5.41, 5.74) is 4.40. The highest BCUT2D eigenvalue weighted by atomic mass is 16.5. The highest BCUT2D eigenvalue weighted by Crippen LogP contribution is 2.36. The minimum Gasteiger partial charge on any atom is -0.497 e. The Morgan fingerprint density at radius 1 is 1.27 bits per heavy atom. The van der Waals surface area contributed by atoms with Crippen LogP contribution in [0.1, 0.15) is 30.6 Å². The van der Waals surface area contributed by atoms with Crippen molar-refractivity contribution in [1.82, 2.24) is 9.88 Å². The molecule has 2 heterocycles. The van der Waals surface area contributed by atoms with Gasteiger partial charge in [-0.1, -0.05) is 31.2 Å². The maximum Gasteiger partial charge on any atom is 0.322 e. The molecular formula is C21H23N3O2. The van der Waals surface area contributed by atoms with Crippen molar-refractivity contribution >= 4 is 22.6 Å². The number of aromatic amines is 1. The van der Waals surface area contributed by atoms with E-state index in [0.29, 0.717) is 6.54 Å². The van der Waals surface area contributed by atoms with E-state index in [1.807, 2.05) is 35.2 Å². The van der Waals surface area contributed by atoms with Crippen LogP contribution in [0.5, 0.6) is 5.75 Å². The molecule has 3 aromatic rings. The number of hydrogen-bond donors (Lipinski definition) is 2. The van der Waals surface area contributed by atoms with Crippen LogP contribution in [0.3, 0.4) is 0 Å². The number of rotatable bonds is 3. The van der Waals surface area contributed by atoms with Gasteiger partial charge in [0.05, 0.1) is 13.2 Å². The Labute approximate surface area is 153 Å². The minimum absolute atomic E-state index is 0.0526. The van der Waals surface area contributed by atoms with Crippen LogP contribution in [0.4, 0.5) is 10.5 Å². The third kappa shape index (κ3) is 2.79. The Bertz CT molecular complexity index is 947. The molecule has 5 heteroatoms. The number of nitrogens with one attached hydrogen (secondary N) is 2.